The van der Waals surface area contributed by atoms with Gasteiger partial charge in [-0.25, -0.2) is 109 Å². The Balaban J connectivity index is 0.000000494. The summed E-state index contributed by atoms with van der Waals surface area (Å²) in [6, 6.07) is 0. The van der Waals surface area contributed by atoms with Crippen LogP contribution in [0.3, 0.4) is 0 Å². The average molecular weight is 638 g/mol. The van der Waals surface area contributed by atoms with Gasteiger partial charge in [0, 0.05) is 17.4 Å². The molecule has 0 atom stereocenters. The zero-order chi connectivity index (χ0) is 31.8. The third-order valence-electron chi connectivity index (χ3n) is 5.27. The maximum Gasteiger partial charge on any atom is 0 e. The Hall–Kier alpha value is -4.15. The van der Waals surface area contributed by atoms with E-state index in [1.807, 2.05) is 109 Å². The van der Waals surface area contributed by atoms with E-state index in [2.05, 4.69) is 109 Å². The van der Waals surface area contributed by atoms with Crippen molar-refractivity contribution < 1.29 is 17.4 Å². The van der Waals surface area contributed by atoms with Gasteiger partial charge in [-0.15, -0.1) is 57.8 Å². The SMILES string of the molecule is [C-]1=CC=CC1.[C-]1=CC=CC1.[C-]1=CC=CC1.[C-]1=CC=CC1.[C-]1=CC=CC1.[C-]1=CC=CC1.[C-]1=CC=CC1.[C-]1=CC=CC1.[C-]1=CC=CC1.[Cr]. The smallest absolute Gasteiger partial charge is 0 e. The maximum atomic E-state index is 2.99. The Morgan fingerprint density at radius 2 is 0.304 bits per heavy atom. The molecule has 0 aliphatic heterocycles. The first-order chi connectivity index (χ1) is 22.5. The van der Waals surface area contributed by atoms with Gasteiger partial charge in [-0.2, -0.15) is 54.7 Å². The second-order valence-corrected chi connectivity index (χ2v) is 9.03. The summed E-state index contributed by atoms with van der Waals surface area (Å²) in [5, 5.41) is 0. The van der Waals surface area contributed by atoms with Crippen molar-refractivity contribution in [3.8, 4) is 0 Å². The van der Waals surface area contributed by atoms with Gasteiger partial charge < -0.3 is 0 Å². The molecule has 0 N–H and O–H groups in total. The van der Waals surface area contributed by atoms with Crippen molar-refractivity contribution in [2.24, 2.45) is 0 Å². The van der Waals surface area contributed by atoms with Gasteiger partial charge in [0.2, 0.25) is 0 Å². The molecule has 9 rings (SSSR count). The summed E-state index contributed by atoms with van der Waals surface area (Å²) >= 11 is 0. The van der Waals surface area contributed by atoms with Gasteiger partial charge >= 0.3 is 0 Å². The summed E-state index contributed by atoms with van der Waals surface area (Å²) in [7, 11) is 0. The normalized spacial score (nSPS) is 17.2. The first-order valence-corrected chi connectivity index (χ1v) is 15.5. The topological polar surface area (TPSA) is 0 Å². The average Bonchev–Trinajstić information content (AvgIpc) is 4.02. The molecule has 46 heavy (non-hydrogen) atoms. The van der Waals surface area contributed by atoms with Gasteiger partial charge in [0.15, 0.2) is 0 Å². The Kier molecular flexibility index (Phi) is 35.4. The van der Waals surface area contributed by atoms with Crippen molar-refractivity contribution >= 4 is 0 Å². The molecule has 1 heteroatoms. The van der Waals surface area contributed by atoms with Gasteiger partial charge in [0.1, 0.15) is 0 Å². The number of hydrogen-bond donors (Lipinski definition) is 0. The van der Waals surface area contributed by atoms with Crippen molar-refractivity contribution in [3.05, 3.63) is 219 Å². The molecular formula is C45H45Cr-9. The van der Waals surface area contributed by atoms with E-state index < -0.39 is 0 Å². The molecule has 0 amide bonds. The molecule has 0 nitrogen and oxygen atoms in total. The number of rotatable bonds is 0. The Bertz CT molecular complexity index is 844. The molecule has 0 radical (unpaired) electrons. The first kappa shape index (κ1) is 41.9. The summed E-state index contributed by atoms with van der Waals surface area (Å²) in [6.45, 7) is 0. The molecule has 0 saturated carbocycles. The van der Waals surface area contributed by atoms with Crippen LogP contribution in [-0.2, 0) is 17.4 Å². The van der Waals surface area contributed by atoms with Crippen molar-refractivity contribution in [2.45, 2.75) is 57.8 Å². The van der Waals surface area contributed by atoms with Gasteiger partial charge in [0.05, 0.1) is 0 Å². The van der Waals surface area contributed by atoms with E-state index in [-0.39, 0.29) is 17.4 Å². The predicted molar refractivity (Wildman–Crippen MR) is 194 cm³/mol. The molecule has 240 valence electrons. The molecule has 0 aromatic heterocycles. The molecule has 0 aromatic rings. The van der Waals surface area contributed by atoms with Gasteiger partial charge in [-0.1, -0.05) is 0 Å². The van der Waals surface area contributed by atoms with Crippen LogP contribution in [0.1, 0.15) is 57.8 Å². The fourth-order valence-corrected chi connectivity index (χ4v) is 3.06. The van der Waals surface area contributed by atoms with Crippen LogP contribution in [0.5, 0.6) is 0 Å². The fourth-order valence-electron chi connectivity index (χ4n) is 3.06. The van der Waals surface area contributed by atoms with E-state index in [0.717, 1.165) is 57.8 Å². The van der Waals surface area contributed by atoms with Gasteiger partial charge in [-0.05, 0) is 0 Å². The van der Waals surface area contributed by atoms with Crippen molar-refractivity contribution in [2.75, 3.05) is 0 Å². The van der Waals surface area contributed by atoms with Crippen LogP contribution in [0.25, 0.3) is 0 Å². The van der Waals surface area contributed by atoms with Crippen molar-refractivity contribution in [3.63, 3.8) is 0 Å². The first-order valence-electron chi connectivity index (χ1n) is 15.5. The summed E-state index contributed by atoms with van der Waals surface area (Å²) in [5.74, 6) is 0. The minimum absolute atomic E-state index is 0. The monoisotopic (exact) mass is 637 g/mol. The van der Waals surface area contributed by atoms with Crippen molar-refractivity contribution in [1.29, 1.82) is 0 Å². The van der Waals surface area contributed by atoms with E-state index >= 15 is 0 Å². The van der Waals surface area contributed by atoms with Gasteiger partial charge in [-0.3, -0.25) is 54.7 Å². The van der Waals surface area contributed by atoms with Crippen LogP contribution in [-0.4, -0.2) is 0 Å². The van der Waals surface area contributed by atoms with E-state index in [1.165, 1.54) is 0 Å². The van der Waals surface area contributed by atoms with Crippen molar-refractivity contribution in [1.82, 2.24) is 0 Å². The van der Waals surface area contributed by atoms with Crippen LogP contribution < -0.4 is 0 Å². The summed E-state index contributed by atoms with van der Waals surface area (Å²) in [6.07, 6.45) is 90.0. The minimum Gasteiger partial charge on any atom is -0.273 e. The predicted octanol–water partition coefficient (Wildman–Crippen LogP) is 11.7. The molecule has 9 aliphatic rings. The number of allylic oxidation sites excluding steroid dienone is 36. The number of hydrogen-bond acceptors (Lipinski definition) is 0. The molecule has 0 spiro atoms. The minimum atomic E-state index is 0. The van der Waals surface area contributed by atoms with Gasteiger partial charge in [0.25, 0.3) is 0 Å². The Labute approximate surface area is 292 Å². The zero-order valence-electron chi connectivity index (χ0n) is 26.9. The second-order valence-electron chi connectivity index (χ2n) is 9.03. The van der Waals surface area contributed by atoms with E-state index in [9.17, 15) is 0 Å². The third-order valence-corrected chi connectivity index (χ3v) is 5.27. The summed E-state index contributed by atoms with van der Waals surface area (Å²) < 4.78 is 0. The molecule has 0 saturated heterocycles. The summed E-state index contributed by atoms with van der Waals surface area (Å²) in [5.41, 5.74) is 0. The third kappa shape index (κ3) is 36.0. The molecule has 0 unspecified atom stereocenters. The summed E-state index contributed by atoms with van der Waals surface area (Å²) in [4.78, 5) is 0. The largest absolute Gasteiger partial charge is 0.273 e. The molecule has 0 heterocycles. The zero-order valence-corrected chi connectivity index (χ0v) is 28.1. The maximum absolute atomic E-state index is 2.99. The van der Waals surface area contributed by atoms with Crippen LogP contribution in [0, 0.1) is 54.7 Å². The molecule has 0 bridgehead atoms. The molecule has 0 fully saturated rings. The van der Waals surface area contributed by atoms with E-state index in [1.54, 1.807) is 0 Å². The standard InChI is InChI=1S/9C5H5.Cr/c9*1-2-4-5-3-1;/h9*1-3H,4H2;/q9*-1;. The van der Waals surface area contributed by atoms with Crippen LogP contribution in [0.2, 0.25) is 0 Å². The van der Waals surface area contributed by atoms with Crippen LogP contribution in [0.15, 0.2) is 164 Å². The van der Waals surface area contributed by atoms with Crippen LogP contribution >= 0.6 is 0 Å². The fraction of sp³-hybridized carbons (Fsp3) is 0.200. The molecule has 0 aromatic carbocycles. The molecular weight excluding hydrogens is 592 g/mol. The van der Waals surface area contributed by atoms with E-state index in [0.29, 0.717) is 0 Å². The quantitative estimate of drug-likeness (QED) is 0.232. The van der Waals surface area contributed by atoms with E-state index in [4.69, 9.17) is 0 Å². The Morgan fingerprint density at radius 3 is 0.326 bits per heavy atom. The van der Waals surface area contributed by atoms with Crippen LogP contribution in [0.4, 0.5) is 0 Å². The molecule has 9 aliphatic carbocycles. The Morgan fingerprint density at radius 1 is 0.196 bits per heavy atom. The second kappa shape index (κ2) is 38.9.